The fraction of sp³-hybridized carbons (Fsp3) is 0.381. The number of nitrogens with one attached hydrogen (secondary N) is 3. The highest BCUT2D eigenvalue weighted by Crippen LogP contribution is 2.14. The maximum absolute atomic E-state index is 8.10. The SMILES string of the molecule is CCCCN(Cc1ccccc1)Cc1ccc(C(=N)/C=N/NC(=S)NCC)o1. The summed E-state index contributed by atoms with van der Waals surface area (Å²) >= 11 is 5.03. The summed E-state index contributed by atoms with van der Waals surface area (Å²) in [7, 11) is 0. The van der Waals surface area contributed by atoms with Gasteiger partial charge in [-0.15, -0.1) is 0 Å². The summed E-state index contributed by atoms with van der Waals surface area (Å²) in [5, 5.41) is 15.4. The summed E-state index contributed by atoms with van der Waals surface area (Å²) in [5.41, 5.74) is 4.15. The lowest BCUT2D eigenvalue weighted by Gasteiger charge is -2.21. The molecule has 0 saturated heterocycles. The number of hydrogen-bond acceptors (Lipinski definition) is 5. The maximum Gasteiger partial charge on any atom is 0.186 e. The van der Waals surface area contributed by atoms with Crippen LogP contribution < -0.4 is 10.7 Å². The van der Waals surface area contributed by atoms with Gasteiger partial charge < -0.3 is 9.73 Å². The smallest absolute Gasteiger partial charge is 0.186 e. The van der Waals surface area contributed by atoms with E-state index in [0.29, 0.717) is 17.4 Å². The van der Waals surface area contributed by atoms with Gasteiger partial charge in [-0.3, -0.25) is 15.7 Å². The van der Waals surface area contributed by atoms with Crippen LogP contribution in [0.5, 0.6) is 0 Å². The summed E-state index contributed by atoms with van der Waals surface area (Å²) in [6.07, 6.45) is 3.68. The largest absolute Gasteiger partial charge is 0.458 e. The standard InChI is InChI=1S/C21H29N5OS/c1-3-5-13-26(15-17-9-7-6-8-10-17)16-18-11-12-20(27-18)19(22)14-24-25-21(28)23-4-2/h6-12,14,22H,3-5,13,15-16H2,1-2H3,(H2,23,25,28)/b22-19?,24-14+. The maximum atomic E-state index is 8.10. The molecule has 0 aliphatic heterocycles. The molecule has 0 unspecified atom stereocenters. The van der Waals surface area contributed by atoms with Crippen molar-refractivity contribution < 1.29 is 4.42 Å². The van der Waals surface area contributed by atoms with Crippen molar-refractivity contribution in [1.82, 2.24) is 15.6 Å². The predicted octanol–water partition coefficient (Wildman–Crippen LogP) is 3.92. The van der Waals surface area contributed by atoms with Crippen molar-refractivity contribution in [2.45, 2.75) is 39.8 Å². The Kier molecular flexibility index (Phi) is 9.37. The molecular formula is C21H29N5OS. The van der Waals surface area contributed by atoms with Crippen molar-refractivity contribution in [2.24, 2.45) is 5.10 Å². The zero-order chi connectivity index (χ0) is 20.2. The normalized spacial score (nSPS) is 11.1. The van der Waals surface area contributed by atoms with E-state index in [4.69, 9.17) is 22.0 Å². The second kappa shape index (κ2) is 12.0. The molecule has 1 aromatic carbocycles. The molecule has 1 aromatic heterocycles. The lowest BCUT2D eigenvalue weighted by molar-refractivity contribution is 0.231. The van der Waals surface area contributed by atoms with Gasteiger partial charge in [-0.2, -0.15) is 5.10 Å². The van der Waals surface area contributed by atoms with Crippen LogP contribution in [0, 0.1) is 5.41 Å². The van der Waals surface area contributed by atoms with E-state index in [1.165, 1.54) is 11.8 Å². The van der Waals surface area contributed by atoms with Crippen LogP contribution in [0.2, 0.25) is 0 Å². The van der Waals surface area contributed by atoms with Gasteiger partial charge in [0.1, 0.15) is 11.5 Å². The average Bonchev–Trinajstić information content (AvgIpc) is 3.15. The molecule has 0 spiro atoms. The van der Waals surface area contributed by atoms with Crippen LogP contribution in [0.1, 0.15) is 43.8 Å². The summed E-state index contributed by atoms with van der Waals surface area (Å²) in [4.78, 5) is 2.37. The van der Waals surface area contributed by atoms with E-state index in [9.17, 15) is 0 Å². The first-order valence-electron chi connectivity index (χ1n) is 9.63. The molecule has 1 heterocycles. The Labute approximate surface area is 172 Å². The topological polar surface area (TPSA) is 76.7 Å². The molecule has 0 radical (unpaired) electrons. The fourth-order valence-corrected chi connectivity index (χ4v) is 2.88. The highest BCUT2D eigenvalue weighted by Gasteiger charge is 2.11. The monoisotopic (exact) mass is 399 g/mol. The molecular weight excluding hydrogens is 370 g/mol. The van der Waals surface area contributed by atoms with E-state index in [-0.39, 0.29) is 5.71 Å². The van der Waals surface area contributed by atoms with Gasteiger partial charge in [0.25, 0.3) is 0 Å². The van der Waals surface area contributed by atoms with Gasteiger partial charge in [0.05, 0.1) is 12.8 Å². The van der Waals surface area contributed by atoms with Crippen LogP contribution in [0.15, 0.2) is 52.0 Å². The van der Waals surface area contributed by atoms with Crippen LogP contribution >= 0.6 is 12.2 Å². The molecule has 3 N–H and O–H groups in total. The van der Waals surface area contributed by atoms with Crippen molar-refractivity contribution >= 4 is 29.3 Å². The second-order valence-corrected chi connectivity index (χ2v) is 6.87. The number of hydrogen-bond donors (Lipinski definition) is 3. The van der Waals surface area contributed by atoms with Crippen LogP contribution in [0.4, 0.5) is 0 Å². The summed E-state index contributed by atoms with van der Waals surface area (Å²) in [6, 6.07) is 14.2. The van der Waals surface area contributed by atoms with E-state index in [1.54, 1.807) is 0 Å². The Balaban J connectivity index is 1.95. The Hall–Kier alpha value is -2.51. The third-order valence-corrected chi connectivity index (χ3v) is 4.32. The van der Waals surface area contributed by atoms with Gasteiger partial charge >= 0.3 is 0 Å². The van der Waals surface area contributed by atoms with Crippen LogP contribution in [0.3, 0.4) is 0 Å². The predicted molar refractivity (Wildman–Crippen MR) is 119 cm³/mol. The number of thiocarbonyl (C=S) groups is 1. The van der Waals surface area contributed by atoms with Gasteiger partial charge in [0.2, 0.25) is 0 Å². The Morgan fingerprint density at radius 2 is 1.96 bits per heavy atom. The van der Waals surface area contributed by atoms with Gasteiger partial charge in [0.15, 0.2) is 10.9 Å². The molecule has 0 aliphatic rings. The zero-order valence-corrected chi connectivity index (χ0v) is 17.4. The Morgan fingerprint density at radius 3 is 2.68 bits per heavy atom. The molecule has 2 aromatic rings. The summed E-state index contributed by atoms with van der Waals surface area (Å²) < 4.78 is 5.86. The minimum atomic E-state index is 0.196. The van der Waals surface area contributed by atoms with E-state index in [2.05, 4.69) is 51.9 Å². The first-order chi connectivity index (χ1) is 13.6. The van der Waals surface area contributed by atoms with E-state index in [1.807, 2.05) is 25.1 Å². The first kappa shape index (κ1) is 21.8. The van der Waals surface area contributed by atoms with Crippen LogP contribution in [-0.4, -0.2) is 35.0 Å². The Bertz CT molecular complexity index is 772. The fourth-order valence-electron chi connectivity index (χ4n) is 2.68. The van der Waals surface area contributed by atoms with Gasteiger partial charge in [-0.1, -0.05) is 43.7 Å². The highest BCUT2D eigenvalue weighted by atomic mass is 32.1. The lowest BCUT2D eigenvalue weighted by atomic mass is 10.2. The molecule has 0 saturated carbocycles. The summed E-state index contributed by atoms with van der Waals surface area (Å²) in [6.45, 7) is 7.46. The van der Waals surface area contributed by atoms with E-state index >= 15 is 0 Å². The van der Waals surface area contributed by atoms with Crippen molar-refractivity contribution in [3.05, 3.63) is 59.5 Å². The van der Waals surface area contributed by atoms with Crippen LogP contribution in [-0.2, 0) is 13.1 Å². The van der Waals surface area contributed by atoms with Gasteiger partial charge in [0, 0.05) is 13.1 Å². The van der Waals surface area contributed by atoms with Gasteiger partial charge in [-0.25, -0.2) is 0 Å². The molecule has 2 rings (SSSR count). The van der Waals surface area contributed by atoms with Crippen LogP contribution in [0.25, 0.3) is 0 Å². The van der Waals surface area contributed by atoms with Crippen molar-refractivity contribution in [3.8, 4) is 0 Å². The second-order valence-electron chi connectivity index (χ2n) is 6.46. The third kappa shape index (κ3) is 7.62. The van der Waals surface area contributed by atoms with Crippen molar-refractivity contribution in [2.75, 3.05) is 13.1 Å². The van der Waals surface area contributed by atoms with Crippen molar-refractivity contribution in [3.63, 3.8) is 0 Å². The Morgan fingerprint density at radius 1 is 1.18 bits per heavy atom. The minimum absolute atomic E-state index is 0.196. The molecule has 0 amide bonds. The molecule has 0 fully saturated rings. The molecule has 28 heavy (non-hydrogen) atoms. The molecule has 0 atom stereocenters. The zero-order valence-electron chi connectivity index (χ0n) is 16.6. The number of furan rings is 1. The molecule has 0 aliphatic carbocycles. The van der Waals surface area contributed by atoms with E-state index < -0.39 is 0 Å². The number of benzene rings is 1. The molecule has 0 bridgehead atoms. The number of unbranched alkanes of at least 4 members (excludes halogenated alkanes) is 1. The number of hydrazone groups is 1. The average molecular weight is 400 g/mol. The molecule has 6 nitrogen and oxygen atoms in total. The number of rotatable bonds is 11. The van der Waals surface area contributed by atoms with E-state index in [0.717, 1.165) is 38.2 Å². The van der Waals surface area contributed by atoms with Crippen molar-refractivity contribution in [1.29, 1.82) is 5.41 Å². The highest BCUT2D eigenvalue weighted by molar-refractivity contribution is 7.80. The first-order valence-corrected chi connectivity index (χ1v) is 10.0. The number of nitrogens with zero attached hydrogens (tertiary/aromatic N) is 2. The summed E-state index contributed by atoms with van der Waals surface area (Å²) in [5.74, 6) is 1.33. The molecule has 7 heteroatoms. The lowest BCUT2D eigenvalue weighted by Crippen LogP contribution is -2.31. The minimum Gasteiger partial charge on any atom is -0.458 e. The quantitative estimate of drug-likeness (QED) is 0.303. The third-order valence-electron chi connectivity index (χ3n) is 4.08. The van der Waals surface area contributed by atoms with Gasteiger partial charge in [-0.05, 0) is 49.8 Å². The molecule has 150 valence electrons.